The fourth-order valence-corrected chi connectivity index (χ4v) is 2.81. The molecule has 10 heteroatoms. The van der Waals surface area contributed by atoms with E-state index in [9.17, 15) is 19.7 Å². The molecular formula is C21H19N5O5. The molecule has 1 heterocycles. The SMILES string of the molecule is CC(=O)Nc1cc(Oc2ccc(NC(=O)Cc3cccc([N+](=O)[O-])c3C)cc2)ncn1. The molecule has 0 aliphatic heterocycles. The van der Waals surface area contributed by atoms with Crippen molar-refractivity contribution in [3.63, 3.8) is 0 Å². The number of hydrogen-bond acceptors (Lipinski definition) is 7. The molecule has 31 heavy (non-hydrogen) atoms. The van der Waals surface area contributed by atoms with Crippen molar-refractivity contribution in [1.29, 1.82) is 0 Å². The number of nitrogens with zero attached hydrogens (tertiary/aromatic N) is 3. The third kappa shape index (κ3) is 5.82. The minimum Gasteiger partial charge on any atom is -0.439 e. The van der Waals surface area contributed by atoms with E-state index in [4.69, 9.17) is 4.74 Å². The van der Waals surface area contributed by atoms with Crippen LogP contribution in [0.3, 0.4) is 0 Å². The van der Waals surface area contributed by atoms with Gasteiger partial charge < -0.3 is 15.4 Å². The largest absolute Gasteiger partial charge is 0.439 e. The summed E-state index contributed by atoms with van der Waals surface area (Å²) in [4.78, 5) is 41.9. The lowest BCUT2D eigenvalue weighted by atomic mass is 10.0. The van der Waals surface area contributed by atoms with E-state index in [1.807, 2.05) is 0 Å². The highest BCUT2D eigenvalue weighted by Gasteiger charge is 2.15. The average molecular weight is 421 g/mol. The molecule has 10 nitrogen and oxygen atoms in total. The number of nitrogens with one attached hydrogen (secondary N) is 2. The molecule has 0 unspecified atom stereocenters. The summed E-state index contributed by atoms with van der Waals surface area (Å²) in [7, 11) is 0. The zero-order valence-corrected chi connectivity index (χ0v) is 16.8. The maximum Gasteiger partial charge on any atom is 0.272 e. The predicted molar refractivity (Wildman–Crippen MR) is 113 cm³/mol. The Morgan fingerprint density at radius 1 is 1.10 bits per heavy atom. The number of benzene rings is 2. The fourth-order valence-electron chi connectivity index (χ4n) is 2.81. The molecule has 0 aliphatic rings. The number of nitro groups is 1. The Morgan fingerprint density at radius 3 is 2.52 bits per heavy atom. The maximum atomic E-state index is 12.4. The summed E-state index contributed by atoms with van der Waals surface area (Å²) in [6.45, 7) is 2.99. The molecule has 0 fully saturated rings. The molecule has 0 radical (unpaired) electrons. The summed E-state index contributed by atoms with van der Waals surface area (Å²) in [5.74, 6) is 0.479. The summed E-state index contributed by atoms with van der Waals surface area (Å²) >= 11 is 0. The van der Waals surface area contributed by atoms with E-state index < -0.39 is 4.92 Å². The van der Waals surface area contributed by atoms with Gasteiger partial charge in [-0.1, -0.05) is 12.1 Å². The molecule has 2 aromatic carbocycles. The van der Waals surface area contributed by atoms with E-state index in [1.165, 1.54) is 25.4 Å². The highest BCUT2D eigenvalue weighted by Crippen LogP contribution is 2.24. The molecular weight excluding hydrogens is 402 g/mol. The van der Waals surface area contributed by atoms with Gasteiger partial charge in [0.05, 0.1) is 11.3 Å². The Morgan fingerprint density at radius 2 is 1.84 bits per heavy atom. The maximum absolute atomic E-state index is 12.4. The van der Waals surface area contributed by atoms with Gasteiger partial charge in [-0.2, -0.15) is 0 Å². The lowest BCUT2D eigenvalue weighted by Crippen LogP contribution is -2.15. The Hall–Kier alpha value is -4.34. The van der Waals surface area contributed by atoms with Crippen molar-refractivity contribution < 1.29 is 19.2 Å². The van der Waals surface area contributed by atoms with Gasteiger partial charge in [-0.25, -0.2) is 9.97 Å². The van der Waals surface area contributed by atoms with E-state index in [0.29, 0.717) is 28.4 Å². The lowest BCUT2D eigenvalue weighted by molar-refractivity contribution is -0.385. The second-order valence-corrected chi connectivity index (χ2v) is 6.59. The number of amides is 2. The standard InChI is InChI=1S/C21H19N5O5/c1-13-15(4-3-5-18(13)26(29)30)10-20(28)25-16-6-8-17(9-7-16)31-21-11-19(22-12-23-21)24-14(2)27/h3-9,11-12H,10H2,1-2H3,(H,25,28)(H,22,23,24,27). The topological polar surface area (TPSA) is 136 Å². The molecule has 3 aromatic rings. The fraction of sp³-hybridized carbons (Fsp3) is 0.143. The molecule has 0 saturated heterocycles. The van der Waals surface area contributed by atoms with Gasteiger partial charge in [0.1, 0.15) is 17.9 Å². The van der Waals surface area contributed by atoms with Gasteiger partial charge in [-0.15, -0.1) is 0 Å². The average Bonchev–Trinajstić information content (AvgIpc) is 2.70. The van der Waals surface area contributed by atoms with Crippen molar-refractivity contribution in [2.24, 2.45) is 0 Å². The van der Waals surface area contributed by atoms with E-state index in [0.717, 1.165) is 0 Å². The van der Waals surface area contributed by atoms with Crippen LogP contribution in [-0.2, 0) is 16.0 Å². The molecule has 158 valence electrons. The van der Waals surface area contributed by atoms with Crippen LogP contribution in [0.5, 0.6) is 11.6 Å². The third-order valence-electron chi connectivity index (χ3n) is 4.27. The first-order valence-electron chi connectivity index (χ1n) is 9.22. The molecule has 1 aromatic heterocycles. The van der Waals surface area contributed by atoms with Crippen molar-refractivity contribution in [2.75, 3.05) is 10.6 Å². The third-order valence-corrected chi connectivity index (χ3v) is 4.27. The van der Waals surface area contributed by atoms with Gasteiger partial charge in [-0.3, -0.25) is 19.7 Å². The smallest absolute Gasteiger partial charge is 0.272 e. The van der Waals surface area contributed by atoms with E-state index in [-0.39, 0.29) is 29.8 Å². The Bertz CT molecular complexity index is 1130. The number of hydrogen-bond donors (Lipinski definition) is 2. The van der Waals surface area contributed by atoms with Gasteiger partial charge in [-0.05, 0) is 36.8 Å². The molecule has 0 spiro atoms. The van der Waals surface area contributed by atoms with Crippen LogP contribution >= 0.6 is 0 Å². The predicted octanol–water partition coefficient (Wildman–Crippen LogP) is 3.63. The zero-order chi connectivity index (χ0) is 22.4. The van der Waals surface area contributed by atoms with Crippen LogP contribution in [0.15, 0.2) is 54.9 Å². The molecule has 2 N–H and O–H groups in total. The van der Waals surface area contributed by atoms with Crippen LogP contribution in [0.2, 0.25) is 0 Å². The second-order valence-electron chi connectivity index (χ2n) is 6.59. The number of nitro benzene ring substituents is 1. The van der Waals surface area contributed by atoms with Crippen molar-refractivity contribution in [2.45, 2.75) is 20.3 Å². The van der Waals surface area contributed by atoms with Crippen LogP contribution in [-0.4, -0.2) is 26.7 Å². The number of anilines is 2. The first-order valence-corrected chi connectivity index (χ1v) is 9.22. The van der Waals surface area contributed by atoms with Crippen LogP contribution in [0.25, 0.3) is 0 Å². The quantitative estimate of drug-likeness (QED) is 0.439. The van der Waals surface area contributed by atoms with Gasteiger partial charge in [0.2, 0.25) is 17.7 Å². The summed E-state index contributed by atoms with van der Waals surface area (Å²) in [6.07, 6.45) is 1.28. The van der Waals surface area contributed by atoms with E-state index in [1.54, 1.807) is 43.3 Å². The molecule has 0 bridgehead atoms. The molecule has 2 amide bonds. The van der Waals surface area contributed by atoms with Gasteiger partial charge >= 0.3 is 0 Å². The summed E-state index contributed by atoms with van der Waals surface area (Å²) < 4.78 is 5.63. The number of ether oxygens (including phenoxy) is 1. The van der Waals surface area contributed by atoms with Gasteiger partial charge in [0, 0.05) is 30.3 Å². The molecule has 0 atom stereocenters. The lowest BCUT2D eigenvalue weighted by Gasteiger charge is -2.09. The first kappa shape index (κ1) is 21.4. The van der Waals surface area contributed by atoms with Crippen LogP contribution in [0.4, 0.5) is 17.2 Å². The Kier molecular flexibility index (Phi) is 6.51. The Labute approximate surface area is 177 Å². The first-order chi connectivity index (χ1) is 14.8. The van der Waals surface area contributed by atoms with Gasteiger partial charge in [0.25, 0.3) is 5.69 Å². The summed E-state index contributed by atoms with van der Waals surface area (Å²) in [5.41, 5.74) is 1.58. The molecule has 0 saturated carbocycles. The van der Waals surface area contributed by atoms with Crippen LogP contribution < -0.4 is 15.4 Å². The number of rotatable bonds is 7. The number of aromatic nitrogens is 2. The van der Waals surface area contributed by atoms with Crippen molar-refractivity contribution >= 4 is 29.0 Å². The minimum absolute atomic E-state index is 0.0125. The number of carbonyl (C=O) groups excluding carboxylic acids is 2. The highest BCUT2D eigenvalue weighted by atomic mass is 16.6. The summed E-state index contributed by atoms with van der Waals surface area (Å²) in [5, 5.41) is 16.3. The Balaban J connectivity index is 1.62. The van der Waals surface area contributed by atoms with E-state index >= 15 is 0 Å². The highest BCUT2D eigenvalue weighted by molar-refractivity contribution is 5.92. The number of carbonyl (C=O) groups is 2. The van der Waals surface area contributed by atoms with Crippen molar-refractivity contribution in [3.8, 4) is 11.6 Å². The normalized spacial score (nSPS) is 10.3. The molecule has 3 rings (SSSR count). The van der Waals surface area contributed by atoms with E-state index in [2.05, 4.69) is 20.6 Å². The monoisotopic (exact) mass is 421 g/mol. The van der Waals surface area contributed by atoms with Crippen LogP contribution in [0.1, 0.15) is 18.1 Å². The zero-order valence-electron chi connectivity index (χ0n) is 16.8. The summed E-state index contributed by atoms with van der Waals surface area (Å²) in [6, 6.07) is 12.8. The second kappa shape index (κ2) is 9.44. The van der Waals surface area contributed by atoms with Crippen molar-refractivity contribution in [1.82, 2.24) is 9.97 Å². The van der Waals surface area contributed by atoms with Crippen LogP contribution in [0, 0.1) is 17.0 Å². The molecule has 0 aliphatic carbocycles. The van der Waals surface area contributed by atoms with Crippen molar-refractivity contribution in [3.05, 3.63) is 76.1 Å². The minimum atomic E-state index is -0.466. The van der Waals surface area contributed by atoms with Gasteiger partial charge in [0.15, 0.2) is 0 Å².